The van der Waals surface area contributed by atoms with E-state index in [9.17, 15) is 9.59 Å². The van der Waals surface area contributed by atoms with Crippen molar-refractivity contribution in [1.82, 2.24) is 0 Å². The van der Waals surface area contributed by atoms with Gasteiger partial charge in [-0.1, -0.05) is 6.92 Å². The quantitative estimate of drug-likeness (QED) is 0.405. The summed E-state index contributed by atoms with van der Waals surface area (Å²) in [6, 6.07) is 0. The monoisotopic (exact) mass is 158 g/mol. The predicted molar refractivity (Wildman–Crippen MR) is 35.7 cm³/mol. The van der Waals surface area contributed by atoms with Crippen LogP contribution in [0.15, 0.2) is 0 Å². The van der Waals surface area contributed by atoms with E-state index in [4.69, 9.17) is 4.74 Å². The van der Waals surface area contributed by atoms with Crippen LogP contribution in [-0.4, -0.2) is 24.1 Å². The number of hydrogen-bond donors (Lipinski definition) is 0. The Morgan fingerprint density at radius 1 is 1.27 bits per heavy atom. The molecule has 0 N–H and O–H groups in total. The number of ether oxygens (including phenoxy) is 2. The lowest BCUT2D eigenvalue weighted by molar-refractivity contribution is -0.193. The number of carbonyl (C=O) groups excluding carboxylic acids is 2. The lowest BCUT2D eigenvalue weighted by Gasteiger charge is -2.26. The largest absolute Gasteiger partial charge is 0.450 e. The third-order valence-corrected chi connectivity index (χ3v) is 1.64. The molecular formula is C7H10O4. The smallest absolute Gasteiger partial charge is 0.417 e. The second-order valence-corrected chi connectivity index (χ2v) is 2.46. The van der Waals surface area contributed by atoms with Crippen LogP contribution in [0.1, 0.15) is 20.3 Å². The zero-order chi connectivity index (χ0) is 8.43. The van der Waals surface area contributed by atoms with Gasteiger partial charge in [-0.3, -0.25) is 0 Å². The third kappa shape index (κ3) is 1.50. The summed E-state index contributed by atoms with van der Waals surface area (Å²) in [4.78, 5) is 21.2. The number of rotatable bonds is 1. The van der Waals surface area contributed by atoms with Gasteiger partial charge in [0.1, 0.15) is 12.2 Å². The molecule has 0 aromatic rings. The Hall–Kier alpha value is -1.06. The molecule has 0 aromatic heterocycles. The average molecular weight is 158 g/mol. The highest BCUT2D eigenvalue weighted by molar-refractivity contribution is 6.30. The highest BCUT2D eigenvalue weighted by Crippen LogP contribution is 2.13. The van der Waals surface area contributed by atoms with Crippen LogP contribution in [0.3, 0.4) is 0 Å². The van der Waals surface area contributed by atoms with E-state index in [1.807, 2.05) is 6.92 Å². The zero-order valence-corrected chi connectivity index (χ0v) is 6.49. The maximum atomic E-state index is 10.6. The van der Waals surface area contributed by atoms with Gasteiger partial charge in [-0.05, 0) is 13.3 Å². The zero-order valence-electron chi connectivity index (χ0n) is 6.49. The summed E-state index contributed by atoms with van der Waals surface area (Å²) < 4.78 is 9.43. The Morgan fingerprint density at radius 3 is 2.36 bits per heavy atom. The first-order valence-corrected chi connectivity index (χ1v) is 3.56. The van der Waals surface area contributed by atoms with Crippen LogP contribution in [0.4, 0.5) is 0 Å². The minimum Gasteiger partial charge on any atom is -0.450 e. The Kier molecular flexibility index (Phi) is 2.12. The summed E-state index contributed by atoms with van der Waals surface area (Å²) >= 11 is 0. The molecule has 0 aliphatic carbocycles. The second kappa shape index (κ2) is 2.90. The van der Waals surface area contributed by atoms with Gasteiger partial charge >= 0.3 is 11.9 Å². The van der Waals surface area contributed by atoms with Crippen molar-refractivity contribution in [2.45, 2.75) is 32.5 Å². The van der Waals surface area contributed by atoms with Crippen LogP contribution in [0.25, 0.3) is 0 Å². The number of cyclic esters (lactones) is 2. The molecule has 0 amide bonds. The van der Waals surface area contributed by atoms with E-state index in [0.29, 0.717) is 6.42 Å². The van der Waals surface area contributed by atoms with Crippen molar-refractivity contribution in [3.05, 3.63) is 0 Å². The number of esters is 2. The molecule has 62 valence electrons. The molecule has 1 aliphatic heterocycles. The van der Waals surface area contributed by atoms with Gasteiger partial charge in [0, 0.05) is 0 Å². The molecule has 1 fully saturated rings. The topological polar surface area (TPSA) is 52.6 Å². The van der Waals surface area contributed by atoms with Gasteiger partial charge in [0.05, 0.1) is 0 Å². The van der Waals surface area contributed by atoms with E-state index in [2.05, 4.69) is 4.74 Å². The molecule has 2 atom stereocenters. The minimum absolute atomic E-state index is 0.278. The van der Waals surface area contributed by atoms with Gasteiger partial charge in [-0.2, -0.15) is 0 Å². The van der Waals surface area contributed by atoms with Crippen molar-refractivity contribution in [3.8, 4) is 0 Å². The van der Waals surface area contributed by atoms with Gasteiger partial charge in [0.25, 0.3) is 0 Å². The van der Waals surface area contributed by atoms with Gasteiger partial charge in [0.2, 0.25) is 0 Å². The standard InChI is InChI=1S/C7H10O4/c1-3-5-4(2)10-6(8)7(9)11-5/h4-5H,3H2,1-2H3. The highest BCUT2D eigenvalue weighted by atomic mass is 16.6. The van der Waals surface area contributed by atoms with Crippen molar-refractivity contribution in [3.63, 3.8) is 0 Å². The van der Waals surface area contributed by atoms with E-state index in [1.54, 1.807) is 6.92 Å². The fourth-order valence-corrected chi connectivity index (χ4v) is 0.990. The molecule has 1 aliphatic rings. The Labute approximate surface area is 64.5 Å². The molecule has 2 unspecified atom stereocenters. The van der Waals surface area contributed by atoms with Crippen molar-refractivity contribution in [1.29, 1.82) is 0 Å². The van der Waals surface area contributed by atoms with E-state index in [-0.39, 0.29) is 12.2 Å². The van der Waals surface area contributed by atoms with Gasteiger partial charge in [0.15, 0.2) is 0 Å². The lowest BCUT2D eigenvalue weighted by Crippen LogP contribution is -2.42. The van der Waals surface area contributed by atoms with E-state index >= 15 is 0 Å². The molecule has 0 spiro atoms. The normalized spacial score (nSPS) is 31.1. The molecule has 1 saturated heterocycles. The van der Waals surface area contributed by atoms with Crippen LogP contribution in [0.5, 0.6) is 0 Å². The van der Waals surface area contributed by atoms with E-state index in [0.717, 1.165) is 0 Å². The van der Waals surface area contributed by atoms with Crippen LogP contribution >= 0.6 is 0 Å². The number of hydrogen-bond acceptors (Lipinski definition) is 4. The van der Waals surface area contributed by atoms with Crippen molar-refractivity contribution in [2.75, 3.05) is 0 Å². The van der Waals surface area contributed by atoms with Crippen LogP contribution < -0.4 is 0 Å². The molecule has 1 heterocycles. The van der Waals surface area contributed by atoms with Crippen molar-refractivity contribution in [2.24, 2.45) is 0 Å². The Balaban J connectivity index is 2.62. The summed E-state index contributed by atoms with van der Waals surface area (Å²) in [6.07, 6.45) is 0.0746. The molecule has 0 aromatic carbocycles. The van der Waals surface area contributed by atoms with Crippen LogP contribution in [0.2, 0.25) is 0 Å². The summed E-state index contributed by atoms with van der Waals surface area (Å²) in [5.41, 5.74) is 0. The maximum Gasteiger partial charge on any atom is 0.417 e. The fraction of sp³-hybridized carbons (Fsp3) is 0.714. The first-order valence-electron chi connectivity index (χ1n) is 3.56. The number of carbonyl (C=O) groups is 2. The Bertz CT molecular complexity index is 187. The summed E-state index contributed by atoms with van der Waals surface area (Å²) in [5, 5.41) is 0. The minimum atomic E-state index is -0.887. The van der Waals surface area contributed by atoms with Gasteiger partial charge < -0.3 is 9.47 Å². The molecular weight excluding hydrogens is 148 g/mol. The van der Waals surface area contributed by atoms with Crippen molar-refractivity contribution >= 4 is 11.9 Å². The molecule has 0 radical (unpaired) electrons. The van der Waals surface area contributed by atoms with Crippen LogP contribution in [0, 0.1) is 0 Å². The van der Waals surface area contributed by atoms with Gasteiger partial charge in [-0.15, -0.1) is 0 Å². The second-order valence-electron chi connectivity index (χ2n) is 2.46. The fourth-order valence-electron chi connectivity index (χ4n) is 0.990. The molecule has 0 saturated carbocycles. The predicted octanol–water partition coefficient (Wildman–Crippen LogP) is 0.253. The molecule has 0 bridgehead atoms. The van der Waals surface area contributed by atoms with Gasteiger partial charge in [-0.25, -0.2) is 9.59 Å². The molecule has 4 heteroatoms. The SMILES string of the molecule is CCC1OC(=O)C(=O)OC1C. The first-order chi connectivity index (χ1) is 5.15. The summed E-state index contributed by atoms with van der Waals surface area (Å²) in [5.74, 6) is -1.77. The third-order valence-electron chi connectivity index (χ3n) is 1.64. The van der Waals surface area contributed by atoms with E-state index < -0.39 is 11.9 Å². The molecule has 4 nitrogen and oxygen atoms in total. The molecule has 1 rings (SSSR count). The van der Waals surface area contributed by atoms with Crippen LogP contribution in [-0.2, 0) is 19.1 Å². The summed E-state index contributed by atoms with van der Waals surface area (Å²) in [7, 11) is 0. The lowest BCUT2D eigenvalue weighted by atomic mass is 10.1. The summed E-state index contributed by atoms with van der Waals surface area (Å²) in [6.45, 7) is 3.58. The average Bonchev–Trinajstić information content (AvgIpc) is 1.97. The Morgan fingerprint density at radius 2 is 1.82 bits per heavy atom. The highest BCUT2D eigenvalue weighted by Gasteiger charge is 2.34. The van der Waals surface area contributed by atoms with Crippen molar-refractivity contribution < 1.29 is 19.1 Å². The maximum absolute atomic E-state index is 10.6. The first kappa shape index (κ1) is 8.04. The molecule has 11 heavy (non-hydrogen) atoms. The van der Waals surface area contributed by atoms with E-state index in [1.165, 1.54) is 0 Å².